The predicted molar refractivity (Wildman–Crippen MR) is 92.7 cm³/mol. The first-order valence-corrected chi connectivity index (χ1v) is 8.68. The van der Waals surface area contributed by atoms with Gasteiger partial charge in [-0.25, -0.2) is 0 Å². The smallest absolute Gasteiger partial charge is 0.178 e. The van der Waals surface area contributed by atoms with Crippen LogP contribution in [0.4, 0.5) is 0 Å². The van der Waals surface area contributed by atoms with E-state index in [2.05, 4.69) is 17.4 Å². The molecule has 0 amide bonds. The molecule has 1 fully saturated rings. The molecule has 24 heavy (non-hydrogen) atoms. The lowest BCUT2D eigenvalue weighted by molar-refractivity contribution is -0.129. The minimum atomic E-state index is -0.892. The summed E-state index contributed by atoms with van der Waals surface area (Å²) < 4.78 is 0. The molecule has 3 nitrogen and oxygen atoms in total. The summed E-state index contributed by atoms with van der Waals surface area (Å²) in [5.41, 5.74) is 1.97. The van der Waals surface area contributed by atoms with Crippen LogP contribution in [0.15, 0.2) is 54.6 Å². The Kier molecular flexibility index (Phi) is 3.81. The summed E-state index contributed by atoms with van der Waals surface area (Å²) >= 11 is 0. The van der Waals surface area contributed by atoms with E-state index in [-0.39, 0.29) is 17.6 Å². The van der Waals surface area contributed by atoms with Gasteiger partial charge in [0.25, 0.3) is 0 Å². The fourth-order valence-corrected chi connectivity index (χ4v) is 4.29. The third-order valence-corrected chi connectivity index (χ3v) is 5.49. The highest BCUT2D eigenvalue weighted by molar-refractivity contribution is 6.19. The number of Topliss-reactive ketones (excluding diaryl/α,β-unsaturated/α-hetero) is 2. The number of ketones is 2. The molecule has 0 heterocycles. The quantitative estimate of drug-likeness (QED) is 0.874. The summed E-state index contributed by atoms with van der Waals surface area (Å²) in [6, 6.07) is 17.6. The predicted octanol–water partition coefficient (Wildman–Crippen LogP) is 3.84. The molecule has 2 aromatic rings. The van der Waals surface area contributed by atoms with Gasteiger partial charge in [0.15, 0.2) is 5.78 Å². The molecule has 1 spiro atoms. The Morgan fingerprint density at radius 2 is 1.71 bits per heavy atom. The van der Waals surface area contributed by atoms with Crippen LogP contribution in [0.2, 0.25) is 0 Å². The van der Waals surface area contributed by atoms with Crippen molar-refractivity contribution in [3.63, 3.8) is 0 Å². The minimum absolute atomic E-state index is 0.0216. The van der Waals surface area contributed by atoms with Gasteiger partial charge in [0.1, 0.15) is 11.2 Å². The molecule has 3 heteroatoms. The van der Waals surface area contributed by atoms with Crippen molar-refractivity contribution in [2.24, 2.45) is 5.41 Å². The van der Waals surface area contributed by atoms with Gasteiger partial charge in [0, 0.05) is 18.5 Å². The van der Waals surface area contributed by atoms with E-state index in [9.17, 15) is 9.59 Å². The average molecular weight is 319 g/mol. The van der Waals surface area contributed by atoms with E-state index >= 15 is 0 Å². The van der Waals surface area contributed by atoms with Gasteiger partial charge in [-0.15, -0.1) is 0 Å². The zero-order valence-corrected chi connectivity index (χ0v) is 13.6. The van der Waals surface area contributed by atoms with Gasteiger partial charge in [-0.05, 0) is 24.0 Å². The topological polar surface area (TPSA) is 46.2 Å². The number of hydrogen-bond acceptors (Lipinski definition) is 3. The lowest BCUT2D eigenvalue weighted by atomic mass is 9.67. The molecule has 1 saturated carbocycles. The number of carbonyl (C=O) groups excluding carboxylic acids is 2. The van der Waals surface area contributed by atoms with Crippen molar-refractivity contribution in [3.05, 3.63) is 71.3 Å². The van der Waals surface area contributed by atoms with Crippen LogP contribution in [0.3, 0.4) is 0 Å². The summed E-state index contributed by atoms with van der Waals surface area (Å²) in [6.45, 7) is 0.655. The average Bonchev–Trinajstić information content (AvgIpc) is 2.86. The zero-order valence-electron chi connectivity index (χ0n) is 13.6. The summed E-state index contributed by atoms with van der Waals surface area (Å²) in [7, 11) is 0. The van der Waals surface area contributed by atoms with Gasteiger partial charge in [0.2, 0.25) is 0 Å². The maximum Gasteiger partial charge on any atom is 0.178 e. The third-order valence-electron chi connectivity index (χ3n) is 5.49. The van der Waals surface area contributed by atoms with Crippen LogP contribution in [-0.2, 0) is 11.3 Å². The Morgan fingerprint density at radius 1 is 0.958 bits per heavy atom. The van der Waals surface area contributed by atoms with Gasteiger partial charge in [0.05, 0.1) is 6.04 Å². The maximum atomic E-state index is 13.1. The molecule has 4 rings (SSSR count). The van der Waals surface area contributed by atoms with E-state index in [0.29, 0.717) is 19.4 Å². The number of hydrogen-bond donors (Lipinski definition) is 1. The summed E-state index contributed by atoms with van der Waals surface area (Å²) in [5.74, 6) is 0.133. The molecule has 0 unspecified atom stereocenters. The summed E-state index contributed by atoms with van der Waals surface area (Å²) in [5, 5.41) is 3.53. The van der Waals surface area contributed by atoms with E-state index in [1.54, 1.807) is 0 Å². The molecule has 0 radical (unpaired) electrons. The van der Waals surface area contributed by atoms with E-state index in [1.165, 1.54) is 0 Å². The second-order valence-corrected chi connectivity index (χ2v) is 6.82. The van der Waals surface area contributed by atoms with Crippen LogP contribution in [0.5, 0.6) is 0 Å². The molecular formula is C21H21NO2. The number of fused-ring (bicyclic) bond motifs is 1. The normalized spacial score (nSPS) is 25.9. The van der Waals surface area contributed by atoms with Crippen molar-refractivity contribution < 1.29 is 9.59 Å². The van der Waals surface area contributed by atoms with Crippen molar-refractivity contribution in [2.75, 3.05) is 0 Å². The largest absolute Gasteiger partial charge is 0.305 e. The van der Waals surface area contributed by atoms with Gasteiger partial charge in [-0.2, -0.15) is 0 Å². The Balaban J connectivity index is 1.72. The van der Waals surface area contributed by atoms with E-state index < -0.39 is 5.41 Å². The van der Waals surface area contributed by atoms with Gasteiger partial charge < -0.3 is 5.32 Å². The molecule has 2 aromatic carbocycles. The Bertz CT molecular complexity index is 783. The second kappa shape index (κ2) is 5.99. The number of rotatable bonds is 3. The van der Waals surface area contributed by atoms with Crippen molar-refractivity contribution >= 4 is 11.6 Å². The first-order valence-electron chi connectivity index (χ1n) is 8.68. The Labute approximate surface area is 142 Å². The SMILES string of the molecule is O=C1CCCC[C@@]12C(=O)c1ccccc1[C@H]2NCc1ccccc1. The molecule has 0 bridgehead atoms. The first-order chi connectivity index (χ1) is 11.7. The molecule has 2 atom stereocenters. The number of benzene rings is 2. The lowest BCUT2D eigenvalue weighted by Gasteiger charge is -2.36. The zero-order chi connectivity index (χ0) is 16.6. The fraction of sp³-hybridized carbons (Fsp3) is 0.333. The molecule has 1 N–H and O–H groups in total. The van der Waals surface area contributed by atoms with Crippen molar-refractivity contribution in [1.29, 1.82) is 0 Å². The molecule has 122 valence electrons. The van der Waals surface area contributed by atoms with Crippen molar-refractivity contribution in [3.8, 4) is 0 Å². The van der Waals surface area contributed by atoms with Crippen molar-refractivity contribution in [1.82, 2.24) is 5.32 Å². The van der Waals surface area contributed by atoms with Gasteiger partial charge >= 0.3 is 0 Å². The summed E-state index contributed by atoms with van der Waals surface area (Å²) in [6.07, 6.45) is 3.01. The number of nitrogens with one attached hydrogen (secondary N) is 1. The standard InChI is InChI=1S/C21H21NO2/c23-18-12-6-7-13-21(18)19(22-14-15-8-2-1-3-9-15)16-10-4-5-11-17(16)20(21)24/h1-5,8-11,19,22H,6-7,12-14H2/t19-,21-/m1/s1. The van der Waals surface area contributed by atoms with Gasteiger partial charge in [-0.1, -0.05) is 61.0 Å². The molecule has 0 aromatic heterocycles. The second-order valence-electron chi connectivity index (χ2n) is 6.82. The Morgan fingerprint density at radius 3 is 2.50 bits per heavy atom. The van der Waals surface area contributed by atoms with E-state index in [4.69, 9.17) is 0 Å². The summed E-state index contributed by atoms with van der Waals surface area (Å²) in [4.78, 5) is 26.0. The first kappa shape index (κ1) is 15.3. The van der Waals surface area contributed by atoms with Crippen LogP contribution < -0.4 is 5.32 Å². The number of carbonyl (C=O) groups is 2. The maximum absolute atomic E-state index is 13.1. The lowest BCUT2D eigenvalue weighted by Crippen LogP contribution is -2.46. The van der Waals surface area contributed by atoms with Crippen molar-refractivity contribution in [2.45, 2.75) is 38.3 Å². The highest BCUT2D eigenvalue weighted by Crippen LogP contribution is 2.52. The molecular weight excluding hydrogens is 298 g/mol. The molecule has 2 aliphatic rings. The molecule has 2 aliphatic carbocycles. The van der Waals surface area contributed by atoms with Crippen LogP contribution in [0.25, 0.3) is 0 Å². The minimum Gasteiger partial charge on any atom is -0.305 e. The molecule has 0 aliphatic heterocycles. The van der Waals surface area contributed by atoms with Crippen LogP contribution in [0.1, 0.15) is 53.2 Å². The highest BCUT2D eigenvalue weighted by Gasteiger charge is 2.57. The van der Waals surface area contributed by atoms with Crippen LogP contribution in [0, 0.1) is 5.41 Å². The Hall–Kier alpha value is -2.26. The highest BCUT2D eigenvalue weighted by atomic mass is 16.2. The monoisotopic (exact) mass is 319 g/mol. The van der Waals surface area contributed by atoms with E-state index in [1.807, 2.05) is 42.5 Å². The van der Waals surface area contributed by atoms with Gasteiger partial charge in [-0.3, -0.25) is 9.59 Å². The van der Waals surface area contributed by atoms with E-state index in [0.717, 1.165) is 29.5 Å². The fourth-order valence-electron chi connectivity index (χ4n) is 4.29. The molecule has 0 saturated heterocycles. The van der Waals surface area contributed by atoms with Crippen LogP contribution >= 0.6 is 0 Å². The third kappa shape index (κ3) is 2.23. The van der Waals surface area contributed by atoms with Crippen LogP contribution in [-0.4, -0.2) is 11.6 Å².